The molecule has 0 aromatic heterocycles. The van der Waals surface area contributed by atoms with Crippen LogP contribution in [0.4, 0.5) is 18.0 Å². The Kier molecular flexibility index (Phi) is 10.1. The number of hydrogen-bond donors (Lipinski definition) is 2. The molecule has 2 atom stereocenters. The fraction of sp³-hybridized carbons (Fsp3) is 0.667. The summed E-state index contributed by atoms with van der Waals surface area (Å²) in [6.07, 6.45) is 0.242. The number of esters is 1. The topological polar surface area (TPSA) is 93.7 Å². The smallest absolute Gasteiger partial charge is 0.408 e. The normalized spacial score (nSPS) is 17.4. The van der Waals surface area contributed by atoms with Crippen LogP contribution in [0.2, 0.25) is 0 Å². The van der Waals surface area contributed by atoms with Gasteiger partial charge in [0, 0.05) is 18.5 Å². The molecular weight excluding hydrogens is 417 g/mol. The molecule has 0 aromatic rings. The van der Waals surface area contributed by atoms with E-state index in [1.807, 2.05) is 0 Å². The largest absolute Gasteiger partial charge is 0.469 e. The first kappa shape index (κ1) is 26.5. The number of nitrogens with one attached hydrogen (secondary N) is 2. The molecule has 0 saturated carbocycles. The first-order chi connectivity index (χ1) is 14.3. The number of methoxy groups -OCH3 is 1. The maximum atomic E-state index is 13.0. The molecule has 1 rings (SSSR count). The predicted molar refractivity (Wildman–Crippen MR) is 108 cm³/mol. The van der Waals surface area contributed by atoms with Gasteiger partial charge in [0.25, 0.3) is 0 Å². The molecule has 10 heteroatoms. The Labute approximate surface area is 180 Å². The fourth-order valence-electron chi connectivity index (χ4n) is 2.86. The predicted octanol–water partition coefficient (Wildman–Crippen LogP) is 4.14. The third kappa shape index (κ3) is 10.9. The lowest BCUT2D eigenvalue weighted by atomic mass is 9.97. The van der Waals surface area contributed by atoms with Gasteiger partial charge in [0.1, 0.15) is 11.6 Å². The second kappa shape index (κ2) is 11.8. The van der Waals surface area contributed by atoms with Gasteiger partial charge >= 0.3 is 18.2 Å². The Morgan fingerprint density at radius 3 is 2.42 bits per heavy atom. The summed E-state index contributed by atoms with van der Waals surface area (Å²) >= 11 is 0. The molecular formula is C21H31F3N2O5. The lowest BCUT2D eigenvalue weighted by Crippen LogP contribution is -2.48. The van der Waals surface area contributed by atoms with Gasteiger partial charge < -0.3 is 20.1 Å². The Bertz CT molecular complexity index is 696. The molecule has 2 amide bonds. The van der Waals surface area contributed by atoms with Crippen LogP contribution in [0.5, 0.6) is 0 Å². The van der Waals surface area contributed by atoms with Crippen molar-refractivity contribution in [3.63, 3.8) is 0 Å². The Balaban J connectivity index is 2.71. The summed E-state index contributed by atoms with van der Waals surface area (Å²) in [7, 11) is 1.30. The molecule has 1 aliphatic carbocycles. The molecule has 0 aromatic carbocycles. The van der Waals surface area contributed by atoms with Crippen molar-refractivity contribution < 1.29 is 37.0 Å². The van der Waals surface area contributed by atoms with Crippen molar-refractivity contribution in [3.8, 4) is 0 Å². The zero-order valence-electron chi connectivity index (χ0n) is 18.3. The lowest BCUT2D eigenvalue weighted by molar-refractivity contribution is -0.161. The molecule has 31 heavy (non-hydrogen) atoms. The molecule has 1 unspecified atom stereocenters. The Morgan fingerprint density at radius 1 is 1.16 bits per heavy atom. The Morgan fingerprint density at radius 2 is 1.84 bits per heavy atom. The monoisotopic (exact) mass is 448 g/mol. The zero-order valence-corrected chi connectivity index (χ0v) is 18.3. The van der Waals surface area contributed by atoms with Gasteiger partial charge in [0.2, 0.25) is 5.91 Å². The number of carbonyl (C=O) groups excluding carboxylic acids is 3. The number of unbranched alkanes of at least 4 members (excludes halogenated alkanes) is 2. The SMILES string of the molecule is COC(=O)CCCCC[C@H](NC(=O)OC(C)(C)C)C(=O)NC1=CC=CC(C(F)(F)F)C1. The highest BCUT2D eigenvalue weighted by Crippen LogP contribution is 2.33. The van der Waals surface area contributed by atoms with Crippen LogP contribution >= 0.6 is 0 Å². The first-order valence-corrected chi connectivity index (χ1v) is 10.1. The molecule has 0 bridgehead atoms. The standard InChI is InChI=1S/C21H31F3N2O5/c1-20(2,3)31-19(29)26-16(11-6-5-7-12-17(27)30-4)18(28)25-15-10-8-9-14(13-15)21(22,23)24/h8-10,14,16H,5-7,11-13H2,1-4H3,(H,25,28)(H,26,29)/t14?,16-/m0/s1. The third-order valence-electron chi connectivity index (χ3n) is 4.39. The number of allylic oxidation sites excluding steroid dienone is 4. The summed E-state index contributed by atoms with van der Waals surface area (Å²) in [5.41, 5.74) is -0.654. The summed E-state index contributed by atoms with van der Waals surface area (Å²) in [5.74, 6) is -2.64. The minimum Gasteiger partial charge on any atom is -0.469 e. The van der Waals surface area contributed by atoms with E-state index in [-0.39, 0.29) is 30.9 Å². The van der Waals surface area contributed by atoms with Gasteiger partial charge in [0.15, 0.2) is 0 Å². The quantitative estimate of drug-likeness (QED) is 0.408. The maximum Gasteiger partial charge on any atom is 0.408 e. The molecule has 1 aliphatic rings. The molecule has 7 nitrogen and oxygen atoms in total. The molecule has 2 N–H and O–H groups in total. The number of alkyl halides is 3. The highest BCUT2D eigenvalue weighted by atomic mass is 19.4. The van der Waals surface area contributed by atoms with E-state index in [1.165, 1.54) is 19.3 Å². The number of hydrogen-bond acceptors (Lipinski definition) is 5. The van der Waals surface area contributed by atoms with Crippen molar-refractivity contribution in [2.75, 3.05) is 7.11 Å². The highest BCUT2D eigenvalue weighted by molar-refractivity contribution is 5.86. The van der Waals surface area contributed by atoms with Gasteiger partial charge in [0.05, 0.1) is 13.0 Å². The second-order valence-corrected chi connectivity index (χ2v) is 8.29. The van der Waals surface area contributed by atoms with Crippen LogP contribution in [0.3, 0.4) is 0 Å². The summed E-state index contributed by atoms with van der Waals surface area (Å²) in [6, 6.07) is -0.996. The number of alkyl carbamates (subject to hydrolysis) is 1. The number of carbonyl (C=O) groups is 3. The van der Waals surface area contributed by atoms with Gasteiger partial charge in [-0.25, -0.2) is 4.79 Å². The van der Waals surface area contributed by atoms with Crippen molar-refractivity contribution >= 4 is 18.0 Å². The summed E-state index contributed by atoms with van der Waals surface area (Å²) in [4.78, 5) is 36.0. The molecule has 0 spiro atoms. The van der Waals surface area contributed by atoms with Gasteiger partial charge in [-0.05, 0) is 39.7 Å². The molecule has 0 saturated heterocycles. The van der Waals surface area contributed by atoms with E-state index in [9.17, 15) is 27.6 Å². The average Bonchev–Trinajstić information content (AvgIpc) is 2.64. The van der Waals surface area contributed by atoms with Crippen LogP contribution in [0.1, 0.15) is 59.3 Å². The maximum absolute atomic E-state index is 13.0. The van der Waals surface area contributed by atoms with E-state index >= 15 is 0 Å². The zero-order chi connectivity index (χ0) is 23.7. The molecule has 0 fully saturated rings. The minimum absolute atomic E-state index is 0.122. The van der Waals surface area contributed by atoms with Crippen molar-refractivity contribution in [2.45, 2.75) is 77.1 Å². The number of ether oxygens (including phenoxy) is 2. The lowest BCUT2D eigenvalue weighted by Gasteiger charge is -2.25. The Hall–Kier alpha value is -2.52. The van der Waals surface area contributed by atoms with Crippen LogP contribution in [0, 0.1) is 5.92 Å². The summed E-state index contributed by atoms with van der Waals surface area (Å²) in [6.45, 7) is 5.01. The van der Waals surface area contributed by atoms with Gasteiger partial charge in [-0.15, -0.1) is 0 Å². The number of amides is 2. The minimum atomic E-state index is -4.41. The van der Waals surface area contributed by atoms with Crippen LogP contribution in [0.25, 0.3) is 0 Å². The fourth-order valence-corrected chi connectivity index (χ4v) is 2.86. The van der Waals surface area contributed by atoms with E-state index in [0.29, 0.717) is 19.3 Å². The summed E-state index contributed by atoms with van der Waals surface area (Å²) in [5, 5.41) is 4.97. The second-order valence-electron chi connectivity index (χ2n) is 8.29. The van der Waals surface area contributed by atoms with Crippen LogP contribution in [0.15, 0.2) is 23.9 Å². The van der Waals surface area contributed by atoms with E-state index in [0.717, 1.165) is 6.08 Å². The van der Waals surface area contributed by atoms with Crippen molar-refractivity contribution in [1.29, 1.82) is 0 Å². The van der Waals surface area contributed by atoms with Gasteiger partial charge in [-0.2, -0.15) is 13.2 Å². The third-order valence-corrected chi connectivity index (χ3v) is 4.39. The molecule has 0 heterocycles. The van der Waals surface area contributed by atoms with E-state index < -0.39 is 35.7 Å². The molecule has 0 radical (unpaired) electrons. The number of halogens is 3. The van der Waals surface area contributed by atoms with Crippen LogP contribution in [-0.4, -0.2) is 42.9 Å². The number of rotatable bonds is 9. The molecule has 176 valence electrons. The molecule has 0 aliphatic heterocycles. The first-order valence-electron chi connectivity index (χ1n) is 10.1. The average molecular weight is 448 g/mol. The van der Waals surface area contributed by atoms with Gasteiger partial charge in [-0.1, -0.05) is 25.0 Å². The van der Waals surface area contributed by atoms with Crippen LogP contribution < -0.4 is 10.6 Å². The van der Waals surface area contributed by atoms with Crippen molar-refractivity contribution in [2.24, 2.45) is 5.92 Å². The van der Waals surface area contributed by atoms with Gasteiger partial charge in [-0.3, -0.25) is 9.59 Å². The van der Waals surface area contributed by atoms with Crippen molar-refractivity contribution in [1.82, 2.24) is 10.6 Å². The van der Waals surface area contributed by atoms with E-state index in [1.54, 1.807) is 20.8 Å². The van der Waals surface area contributed by atoms with Crippen LogP contribution in [-0.2, 0) is 19.1 Å². The van der Waals surface area contributed by atoms with E-state index in [4.69, 9.17) is 4.74 Å². The van der Waals surface area contributed by atoms with Crippen molar-refractivity contribution in [3.05, 3.63) is 23.9 Å². The summed E-state index contributed by atoms with van der Waals surface area (Å²) < 4.78 is 48.6. The highest BCUT2D eigenvalue weighted by Gasteiger charge is 2.39. The van der Waals surface area contributed by atoms with E-state index in [2.05, 4.69) is 15.4 Å².